The van der Waals surface area contributed by atoms with Gasteiger partial charge in [-0.25, -0.2) is 9.97 Å². The maximum absolute atomic E-state index is 12.1. The maximum atomic E-state index is 12.1. The van der Waals surface area contributed by atoms with E-state index in [1.807, 2.05) is 0 Å². The van der Waals surface area contributed by atoms with Gasteiger partial charge in [0.05, 0.1) is 12.9 Å². The first-order valence-electron chi connectivity index (χ1n) is 5.78. The molecule has 1 aromatic heterocycles. The Labute approximate surface area is 120 Å². The van der Waals surface area contributed by atoms with Crippen LogP contribution in [0.1, 0.15) is 10.4 Å². The van der Waals surface area contributed by atoms with Crippen LogP contribution < -0.4 is 16.2 Å². The Morgan fingerprint density at radius 2 is 1.95 bits per heavy atom. The van der Waals surface area contributed by atoms with Gasteiger partial charge < -0.3 is 16.2 Å². The van der Waals surface area contributed by atoms with Crippen molar-refractivity contribution >= 4 is 29.2 Å². The van der Waals surface area contributed by atoms with Crippen molar-refractivity contribution in [2.45, 2.75) is 5.16 Å². The molecule has 2 aromatic rings. The monoisotopic (exact) mass is 290 g/mol. The molecule has 0 aliphatic heterocycles. The predicted octanol–water partition coefficient (Wildman–Crippen LogP) is 1.62. The molecule has 0 aliphatic carbocycles. The summed E-state index contributed by atoms with van der Waals surface area (Å²) in [6.07, 6.45) is 0. The van der Waals surface area contributed by atoms with Gasteiger partial charge in [-0.05, 0) is 12.1 Å². The number of ether oxygens (including phenoxy) is 1. The molecule has 1 heterocycles. The van der Waals surface area contributed by atoms with Crippen molar-refractivity contribution in [1.29, 1.82) is 0 Å². The van der Waals surface area contributed by atoms with Crippen LogP contribution in [0.5, 0.6) is 5.75 Å². The van der Waals surface area contributed by atoms with Crippen LogP contribution in [0.4, 0.5) is 11.6 Å². The molecule has 1 aromatic carbocycles. The summed E-state index contributed by atoms with van der Waals surface area (Å²) in [5.74, 6) is 1.38. The molecule has 0 radical (unpaired) electrons. The molecule has 0 spiro atoms. The standard InChI is InChI=1S/C13H14N4O2S/c1-19-9-4-2-3-8(5-9)10(18)7-20-13-16-11(14)6-12(15)17-13/h2-6H,7H2,1H3,(H4,14,15,16,17). The molecule has 0 bridgehead atoms. The van der Waals surface area contributed by atoms with Crippen molar-refractivity contribution in [3.05, 3.63) is 35.9 Å². The van der Waals surface area contributed by atoms with E-state index in [0.717, 1.165) is 0 Å². The molecular formula is C13H14N4O2S. The van der Waals surface area contributed by atoms with Crippen LogP contribution in [0, 0.1) is 0 Å². The number of carbonyl (C=O) groups excluding carboxylic acids is 1. The fourth-order valence-electron chi connectivity index (χ4n) is 1.54. The van der Waals surface area contributed by atoms with Crippen molar-refractivity contribution in [1.82, 2.24) is 9.97 Å². The molecule has 0 atom stereocenters. The van der Waals surface area contributed by atoms with Gasteiger partial charge in [0.2, 0.25) is 0 Å². The Balaban J connectivity index is 2.04. The third-order valence-electron chi connectivity index (χ3n) is 2.47. The Morgan fingerprint density at radius 3 is 2.60 bits per heavy atom. The number of methoxy groups -OCH3 is 1. The maximum Gasteiger partial charge on any atom is 0.191 e. The number of nitrogens with two attached hydrogens (primary N) is 2. The first-order valence-corrected chi connectivity index (χ1v) is 6.77. The highest BCUT2D eigenvalue weighted by Gasteiger charge is 2.09. The zero-order chi connectivity index (χ0) is 14.5. The van der Waals surface area contributed by atoms with Gasteiger partial charge in [-0.2, -0.15) is 0 Å². The fraction of sp³-hybridized carbons (Fsp3) is 0.154. The Morgan fingerprint density at radius 1 is 1.25 bits per heavy atom. The highest BCUT2D eigenvalue weighted by Crippen LogP contribution is 2.19. The van der Waals surface area contributed by atoms with Crippen LogP contribution in [0.15, 0.2) is 35.5 Å². The number of hydrogen-bond donors (Lipinski definition) is 2. The number of thioether (sulfide) groups is 1. The molecule has 6 nitrogen and oxygen atoms in total. The molecular weight excluding hydrogens is 276 g/mol. The summed E-state index contributed by atoms with van der Waals surface area (Å²) < 4.78 is 5.08. The molecule has 20 heavy (non-hydrogen) atoms. The quantitative estimate of drug-likeness (QED) is 0.490. The molecule has 0 fully saturated rings. The van der Waals surface area contributed by atoms with E-state index in [1.54, 1.807) is 31.4 Å². The van der Waals surface area contributed by atoms with Gasteiger partial charge in [-0.1, -0.05) is 23.9 Å². The molecule has 2 rings (SSSR count). The average Bonchev–Trinajstić information content (AvgIpc) is 2.44. The van der Waals surface area contributed by atoms with Crippen LogP contribution in [0.2, 0.25) is 0 Å². The van der Waals surface area contributed by atoms with E-state index in [4.69, 9.17) is 16.2 Å². The first kappa shape index (κ1) is 14.1. The van der Waals surface area contributed by atoms with Crippen molar-refractivity contribution < 1.29 is 9.53 Å². The van der Waals surface area contributed by atoms with Gasteiger partial charge in [0.25, 0.3) is 0 Å². The number of nitrogen functional groups attached to an aromatic ring is 2. The van der Waals surface area contributed by atoms with E-state index in [1.165, 1.54) is 17.8 Å². The highest BCUT2D eigenvalue weighted by atomic mass is 32.2. The number of Topliss-reactive ketones (excluding diaryl/α,β-unsaturated/α-hetero) is 1. The number of aromatic nitrogens is 2. The van der Waals surface area contributed by atoms with Gasteiger partial charge >= 0.3 is 0 Å². The van der Waals surface area contributed by atoms with Crippen molar-refractivity contribution in [2.75, 3.05) is 24.3 Å². The van der Waals surface area contributed by atoms with Crippen LogP contribution in [-0.4, -0.2) is 28.6 Å². The second-order valence-electron chi connectivity index (χ2n) is 3.94. The smallest absolute Gasteiger partial charge is 0.191 e. The fourth-order valence-corrected chi connectivity index (χ4v) is 2.30. The van der Waals surface area contributed by atoms with E-state index >= 15 is 0 Å². The minimum absolute atomic E-state index is 0.0431. The van der Waals surface area contributed by atoms with Crippen LogP contribution >= 0.6 is 11.8 Å². The SMILES string of the molecule is COc1cccc(C(=O)CSc2nc(N)cc(N)n2)c1. The minimum Gasteiger partial charge on any atom is -0.497 e. The number of hydrogen-bond acceptors (Lipinski definition) is 7. The molecule has 7 heteroatoms. The summed E-state index contributed by atoms with van der Waals surface area (Å²) in [6.45, 7) is 0. The predicted molar refractivity (Wildman–Crippen MR) is 78.9 cm³/mol. The van der Waals surface area contributed by atoms with E-state index in [2.05, 4.69) is 9.97 Å². The summed E-state index contributed by atoms with van der Waals surface area (Å²) in [5, 5.41) is 0.388. The number of rotatable bonds is 5. The number of ketones is 1. The van der Waals surface area contributed by atoms with E-state index in [-0.39, 0.29) is 23.2 Å². The van der Waals surface area contributed by atoms with Crippen LogP contribution in [0.25, 0.3) is 0 Å². The largest absolute Gasteiger partial charge is 0.497 e. The summed E-state index contributed by atoms with van der Waals surface area (Å²) in [7, 11) is 1.56. The molecule has 0 saturated heterocycles. The number of anilines is 2. The zero-order valence-electron chi connectivity index (χ0n) is 10.9. The van der Waals surface area contributed by atoms with Crippen LogP contribution in [-0.2, 0) is 0 Å². The van der Waals surface area contributed by atoms with Crippen molar-refractivity contribution in [3.8, 4) is 5.75 Å². The van der Waals surface area contributed by atoms with Crippen LogP contribution in [0.3, 0.4) is 0 Å². The van der Waals surface area contributed by atoms with E-state index < -0.39 is 0 Å². The summed E-state index contributed by atoms with van der Waals surface area (Å²) >= 11 is 1.19. The van der Waals surface area contributed by atoms with Gasteiger partial charge in [-0.3, -0.25) is 4.79 Å². The molecule has 0 amide bonds. The lowest BCUT2D eigenvalue weighted by molar-refractivity contribution is 0.102. The second kappa shape index (κ2) is 6.25. The summed E-state index contributed by atoms with van der Waals surface area (Å²) in [6, 6.07) is 8.45. The lowest BCUT2D eigenvalue weighted by Gasteiger charge is -2.04. The first-order chi connectivity index (χ1) is 9.58. The topological polar surface area (TPSA) is 104 Å². The van der Waals surface area contributed by atoms with E-state index in [9.17, 15) is 4.79 Å². The molecule has 104 valence electrons. The third kappa shape index (κ3) is 3.61. The Hall–Kier alpha value is -2.28. The summed E-state index contributed by atoms with van der Waals surface area (Å²) in [5.41, 5.74) is 11.7. The number of carbonyl (C=O) groups is 1. The van der Waals surface area contributed by atoms with Gasteiger partial charge in [-0.15, -0.1) is 0 Å². The second-order valence-corrected chi connectivity index (χ2v) is 4.89. The van der Waals surface area contributed by atoms with Gasteiger partial charge in [0, 0.05) is 11.6 Å². The lowest BCUT2D eigenvalue weighted by atomic mass is 10.1. The minimum atomic E-state index is -0.0431. The number of nitrogens with zero attached hydrogens (tertiary/aromatic N) is 2. The van der Waals surface area contributed by atoms with Crippen molar-refractivity contribution in [2.24, 2.45) is 0 Å². The lowest BCUT2D eigenvalue weighted by Crippen LogP contribution is -2.05. The average molecular weight is 290 g/mol. The molecule has 4 N–H and O–H groups in total. The molecule has 0 saturated carbocycles. The molecule has 0 unspecified atom stereocenters. The molecule has 0 aliphatic rings. The highest BCUT2D eigenvalue weighted by molar-refractivity contribution is 7.99. The Bertz CT molecular complexity index is 613. The van der Waals surface area contributed by atoms with E-state index in [0.29, 0.717) is 16.5 Å². The van der Waals surface area contributed by atoms with Crippen molar-refractivity contribution in [3.63, 3.8) is 0 Å². The normalized spacial score (nSPS) is 10.2. The van der Waals surface area contributed by atoms with Gasteiger partial charge in [0.15, 0.2) is 10.9 Å². The van der Waals surface area contributed by atoms with Gasteiger partial charge in [0.1, 0.15) is 17.4 Å². The number of benzene rings is 1. The summed E-state index contributed by atoms with van der Waals surface area (Å²) in [4.78, 5) is 20.1. The Kier molecular flexibility index (Phi) is 4.41. The zero-order valence-corrected chi connectivity index (χ0v) is 11.7. The third-order valence-corrected chi connectivity index (χ3v) is 3.32.